The van der Waals surface area contributed by atoms with Crippen LogP contribution in [-0.2, 0) is 4.74 Å². The van der Waals surface area contributed by atoms with Gasteiger partial charge in [0.25, 0.3) is 0 Å². The standard InChI is InChI=1S/C13H20BrNO3/c1-9(16)10-4-5-13(12(14)6-10)15(2)7-11(17)8-18-3/h4-6,9,11,16-17H,7-8H2,1-3H3/t9-,11?/m0/s1. The fourth-order valence-corrected chi connectivity index (χ4v) is 2.45. The molecule has 1 aromatic carbocycles. The summed E-state index contributed by atoms with van der Waals surface area (Å²) in [5, 5.41) is 19.2. The second-order valence-corrected chi connectivity index (χ2v) is 5.23. The van der Waals surface area contributed by atoms with E-state index in [0.29, 0.717) is 13.2 Å². The maximum atomic E-state index is 9.69. The summed E-state index contributed by atoms with van der Waals surface area (Å²) in [5.41, 5.74) is 1.83. The van der Waals surface area contributed by atoms with Crippen molar-refractivity contribution in [1.82, 2.24) is 0 Å². The van der Waals surface area contributed by atoms with Crippen LogP contribution < -0.4 is 4.90 Å². The summed E-state index contributed by atoms with van der Waals surface area (Å²) in [5.74, 6) is 0. The smallest absolute Gasteiger partial charge is 0.0947 e. The van der Waals surface area contributed by atoms with Gasteiger partial charge in [0, 0.05) is 25.2 Å². The van der Waals surface area contributed by atoms with Crippen LogP contribution in [0.3, 0.4) is 0 Å². The quantitative estimate of drug-likeness (QED) is 0.842. The average molecular weight is 318 g/mol. The molecule has 0 aliphatic rings. The summed E-state index contributed by atoms with van der Waals surface area (Å²) < 4.78 is 5.80. The molecular weight excluding hydrogens is 298 g/mol. The molecule has 0 radical (unpaired) electrons. The Labute approximate surface area is 116 Å². The number of aliphatic hydroxyl groups excluding tert-OH is 2. The molecule has 0 aromatic heterocycles. The lowest BCUT2D eigenvalue weighted by molar-refractivity contribution is 0.0695. The van der Waals surface area contributed by atoms with Crippen LogP contribution in [0.5, 0.6) is 0 Å². The fraction of sp³-hybridized carbons (Fsp3) is 0.538. The lowest BCUT2D eigenvalue weighted by Gasteiger charge is -2.24. The fourth-order valence-electron chi connectivity index (χ4n) is 1.75. The maximum absolute atomic E-state index is 9.69. The van der Waals surface area contributed by atoms with Crippen LogP contribution in [0.2, 0.25) is 0 Å². The van der Waals surface area contributed by atoms with E-state index in [1.807, 2.05) is 30.1 Å². The first-order valence-electron chi connectivity index (χ1n) is 5.81. The molecule has 18 heavy (non-hydrogen) atoms. The highest BCUT2D eigenvalue weighted by Crippen LogP contribution is 2.28. The van der Waals surface area contributed by atoms with Crippen molar-refractivity contribution in [2.75, 3.05) is 32.2 Å². The number of benzene rings is 1. The minimum atomic E-state index is -0.525. The number of rotatable bonds is 6. The molecule has 0 heterocycles. The zero-order valence-electron chi connectivity index (χ0n) is 10.9. The number of hydrogen-bond donors (Lipinski definition) is 2. The third-order valence-electron chi connectivity index (χ3n) is 2.71. The molecule has 0 spiro atoms. The number of methoxy groups -OCH3 is 1. The Bertz CT molecular complexity index is 384. The number of aliphatic hydroxyl groups is 2. The van der Waals surface area contributed by atoms with E-state index >= 15 is 0 Å². The number of halogens is 1. The van der Waals surface area contributed by atoms with Gasteiger partial charge in [0.1, 0.15) is 0 Å². The molecule has 1 unspecified atom stereocenters. The molecule has 0 amide bonds. The number of nitrogens with zero attached hydrogens (tertiary/aromatic N) is 1. The van der Waals surface area contributed by atoms with Crippen LogP contribution in [0, 0.1) is 0 Å². The van der Waals surface area contributed by atoms with Crippen LogP contribution in [0.1, 0.15) is 18.6 Å². The molecule has 1 aromatic rings. The van der Waals surface area contributed by atoms with E-state index in [0.717, 1.165) is 15.7 Å². The van der Waals surface area contributed by atoms with Crippen molar-refractivity contribution >= 4 is 21.6 Å². The molecule has 0 saturated heterocycles. The topological polar surface area (TPSA) is 52.9 Å². The minimum absolute atomic E-state index is 0.313. The Hall–Kier alpha value is -0.620. The lowest BCUT2D eigenvalue weighted by Crippen LogP contribution is -2.32. The van der Waals surface area contributed by atoms with Gasteiger partial charge in [-0.2, -0.15) is 0 Å². The number of likely N-dealkylation sites (N-methyl/N-ethyl adjacent to an activating group) is 1. The van der Waals surface area contributed by atoms with Gasteiger partial charge in [-0.3, -0.25) is 0 Å². The van der Waals surface area contributed by atoms with Gasteiger partial charge in [-0.05, 0) is 40.5 Å². The molecule has 0 aliphatic carbocycles. The largest absolute Gasteiger partial charge is 0.389 e. The highest BCUT2D eigenvalue weighted by atomic mass is 79.9. The molecule has 2 atom stereocenters. The minimum Gasteiger partial charge on any atom is -0.389 e. The first-order chi connectivity index (χ1) is 8.45. The van der Waals surface area contributed by atoms with E-state index in [2.05, 4.69) is 15.9 Å². The van der Waals surface area contributed by atoms with Crippen molar-refractivity contribution in [1.29, 1.82) is 0 Å². The van der Waals surface area contributed by atoms with Crippen molar-refractivity contribution in [2.24, 2.45) is 0 Å². The molecule has 4 nitrogen and oxygen atoms in total. The van der Waals surface area contributed by atoms with Gasteiger partial charge in [0.15, 0.2) is 0 Å². The van der Waals surface area contributed by atoms with E-state index in [1.54, 1.807) is 14.0 Å². The second-order valence-electron chi connectivity index (χ2n) is 4.38. The van der Waals surface area contributed by atoms with Gasteiger partial charge in [-0.1, -0.05) is 6.07 Å². The van der Waals surface area contributed by atoms with Crippen molar-refractivity contribution in [3.05, 3.63) is 28.2 Å². The molecule has 0 saturated carbocycles. The maximum Gasteiger partial charge on any atom is 0.0947 e. The Morgan fingerprint density at radius 1 is 1.39 bits per heavy atom. The summed E-state index contributed by atoms with van der Waals surface area (Å²) >= 11 is 3.48. The highest BCUT2D eigenvalue weighted by molar-refractivity contribution is 9.10. The van der Waals surface area contributed by atoms with Gasteiger partial charge in [0.05, 0.1) is 24.5 Å². The number of hydrogen-bond acceptors (Lipinski definition) is 4. The van der Waals surface area contributed by atoms with Crippen LogP contribution in [0.15, 0.2) is 22.7 Å². The average Bonchev–Trinajstić information content (AvgIpc) is 2.28. The second kappa shape index (κ2) is 7.09. The first-order valence-corrected chi connectivity index (χ1v) is 6.60. The molecule has 0 aliphatic heterocycles. The zero-order valence-corrected chi connectivity index (χ0v) is 12.5. The third kappa shape index (κ3) is 4.24. The van der Waals surface area contributed by atoms with E-state index in [1.165, 1.54) is 0 Å². The highest BCUT2D eigenvalue weighted by Gasteiger charge is 2.12. The molecule has 2 N–H and O–H groups in total. The van der Waals surface area contributed by atoms with Crippen molar-refractivity contribution in [3.8, 4) is 0 Å². The van der Waals surface area contributed by atoms with Gasteiger partial charge in [-0.25, -0.2) is 0 Å². The SMILES string of the molecule is COCC(O)CN(C)c1ccc([C@H](C)O)cc1Br. The summed E-state index contributed by atoms with van der Waals surface area (Å²) in [6.07, 6.45) is -1.01. The summed E-state index contributed by atoms with van der Waals surface area (Å²) in [4.78, 5) is 1.94. The van der Waals surface area contributed by atoms with Crippen molar-refractivity contribution in [3.63, 3.8) is 0 Å². The molecule has 5 heteroatoms. The van der Waals surface area contributed by atoms with Gasteiger partial charge >= 0.3 is 0 Å². The van der Waals surface area contributed by atoms with Gasteiger partial charge < -0.3 is 19.8 Å². The molecular formula is C13H20BrNO3. The summed E-state index contributed by atoms with van der Waals surface area (Å²) in [7, 11) is 3.47. The summed E-state index contributed by atoms with van der Waals surface area (Å²) in [6.45, 7) is 2.53. The monoisotopic (exact) mass is 317 g/mol. The Balaban J connectivity index is 2.77. The van der Waals surface area contributed by atoms with Crippen LogP contribution in [0.25, 0.3) is 0 Å². The van der Waals surface area contributed by atoms with Gasteiger partial charge in [0.2, 0.25) is 0 Å². The summed E-state index contributed by atoms with van der Waals surface area (Å²) in [6, 6.07) is 5.69. The van der Waals surface area contributed by atoms with Crippen LogP contribution in [-0.4, -0.2) is 43.6 Å². The normalized spacial score (nSPS) is 14.3. The predicted molar refractivity (Wildman–Crippen MR) is 75.9 cm³/mol. The predicted octanol–water partition coefficient (Wildman–Crippen LogP) is 1.95. The molecule has 0 bridgehead atoms. The van der Waals surface area contributed by atoms with Crippen LogP contribution in [0.4, 0.5) is 5.69 Å². The van der Waals surface area contributed by atoms with Crippen molar-refractivity contribution in [2.45, 2.75) is 19.1 Å². The van der Waals surface area contributed by atoms with E-state index in [9.17, 15) is 10.2 Å². The van der Waals surface area contributed by atoms with E-state index < -0.39 is 12.2 Å². The van der Waals surface area contributed by atoms with E-state index in [-0.39, 0.29) is 0 Å². The van der Waals surface area contributed by atoms with Gasteiger partial charge in [-0.15, -0.1) is 0 Å². The number of anilines is 1. The molecule has 1 rings (SSSR count). The Morgan fingerprint density at radius 2 is 2.06 bits per heavy atom. The Morgan fingerprint density at radius 3 is 2.56 bits per heavy atom. The lowest BCUT2D eigenvalue weighted by atomic mass is 10.1. The van der Waals surface area contributed by atoms with E-state index in [4.69, 9.17) is 4.74 Å². The third-order valence-corrected chi connectivity index (χ3v) is 3.34. The molecule has 0 fully saturated rings. The first kappa shape index (κ1) is 15.4. The molecule has 102 valence electrons. The zero-order chi connectivity index (χ0) is 13.7. The van der Waals surface area contributed by atoms with Crippen LogP contribution >= 0.6 is 15.9 Å². The van der Waals surface area contributed by atoms with Crippen molar-refractivity contribution < 1.29 is 14.9 Å². The number of ether oxygens (including phenoxy) is 1. The Kier molecular flexibility index (Phi) is 6.08.